The maximum Gasteiger partial charge on any atom is 0.413 e. The Morgan fingerprint density at radius 1 is 1.13 bits per heavy atom. The molecule has 0 saturated heterocycles. The summed E-state index contributed by atoms with van der Waals surface area (Å²) in [6, 6.07) is 9.46. The number of benzene rings is 1. The van der Waals surface area contributed by atoms with Crippen LogP contribution in [0, 0.1) is 0 Å². The van der Waals surface area contributed by atoms with Crippen molar-refractivity contribution in [1.29, 1.82) is 0 Å². The summed E-state index contributed by atoms with van der Waals surface area (Å²) < 4.78 is 34.9. The second-order valence-corrected chi connectivity index (χ2v) is 3.03. The van der Waals surface area contributed by atoms with Crippen molar-refractivity contribution in [3.63, 3.8) is 0 Å². The maximum absolute atomic E-state index is 11.6. The van der Waals surface area contributed by atoms with E-state index in [1.807, 2.05) is 30.3 Å². The van der Waals surface area contributed by atoms with E-state index in [2.05, 4.69) is 10.3 Å². The summed E-state index contributed by atoms with van der Waals surface area (Å²) >= 11 is 0. The largest absolute Gasteiger partial charge is 0.413 e. The number of hydrogen-bond acceptors (Lipinski definition) is 2. The van der Waals surface area contributed by atoms with Crippen LogP contribution < -0.4 is 5.48 Å². The van der Waals surface area contributed by atoms with E-state index in [0.29, 0.717) is 13.0 Å². The fraction of sp³-hybridized carbons (Fsp3) is 0.400. The summed E-state index contributed by atoms with van der Waals surface area (Å²) in [4.78, 5) is 4.24. The fourth-order valence-corrected chi connectivity index (χ4v) is 1.05. The highest BCUT2D eigenvalue weighted by atomic mass is 19.4. The maximum atomic E-state index is 11.6. The first-order valence-corrected chi connectivity index (χ1v) is 4.53. The van der Waals surface area contributed by atoms with Crippen molar-refractivity contribution in [2.45, 2.75) is 12.6 Å². The molecule has 1 aromatic rings. The number of hydrogen-bond donors (Lipinski definition) is 1. The van der Waals surface area contributed by atoms with Crippen LogP contribution in [0.3, 0.4) is 0 Å². The zero-order valence-corrected chi connectivity index (χ0v) is 8.05. The third-order valence-electron chi connectivity index (χ3n) is 1.70. The lowest BCUT2D eigenvalue weighted by Crippen LogP contribution is -2.26. The molecule has 0 spiro atoms. The molecule has 0 aromatic heterocycles. The summed E-state index contributed by atoms with van der Waals surface area (Å²) in [5.74, 6) is 0. The second kappa shape index (κ2) is 5.72. The number of halogens is 3. The molecular formula is C10H12F3NO. The van der Waals surface area contributed by atoms with E-state index in [-0.39, 0.29) is 0 Å². The molecular weight excluding hydrogens is 207 g/mol. The average Bonchev–Trinajstić information content (AvgIpc) is 2.17. The Morgan fingerprint density at radius 2 is 1.80 bits per heavy atom. The van der Waals surface area contributed by atoms with Crippen LogP contribution in [-0.4, -0.2) is 19.3 Å². The molecule has 0 aliphatic heterocycles. The minimum absolute atomic E-state index is 0.361. The molecule has 0 aliphatic rings. The lowest BCUT2D eigenvalue weighted by molar-refractivity contribution is -0.189. The van der Waals surface area contributed by atoms with Crippen molar-refractivity contribution >= 4 is 0 Å². The molecule has 0 amide bonds. The number of alkyl halides is 3. The Kier molecular flexibility index (Phi) is 4.58. The fourth-order valence-electron chi connectivity index (χ4n) is 1.05. The van der Waals surface area contributed by atoms with Crippen molar-refractivity contribution < 1.29 is 18.0 Å². The van der Waals surface area contributed by atoms with Crippen molar-refractivity contribution in [3.8, 4) is 0 Å². The third-order valence-corrected chi connectivity index (χ3v) is 1.70. The van der Waals surface area contributed by atoms with Crippen LogP contribution in [0.5, 0.6) is 0 Å². The van der Waals surface area contributed by atoms with Gasteiger partial charge in [0.25, 0.3) is 0 Å². The quantitative estimate of drug-likeness (QED) is 0.606. The monoisotopic (exact) mass is 219 g/mol. The molecule has 0 aliphatic carbocycles. The smallest absolute Gasteiger partial charge is 0.292 e. The highest BCUT2D eigenvalue weighted by Gasteiger charge is 2.27. The highest BCUT2D eigenvalue weighted by molar-refractivity contribution is 5.14. The van der Waals surface area contributed by atoms with Gasteiger partial charge in [-0.1, -0.05) is 30.3 Å². The van der Waals surface area contributed by atoms with Crippen molar-refractivity contribution in [2.75, 3.05) is 13.2 Å². The Balaban J connectivity index is 2.08. The molecule has 0 fully saturated rings. The highest BCUT2D eigenvalue weighted by Crippen LogP contribution is 2.13. The zero-order chi connectivity index (χ0) is 11.1. The summed E-state index contributed by atoms with van der Waals surface area (Å²) in [5.41, 5.74) is 3.33. The third kappa shape index (κ3) is 6.09. The van der Waals surface area contributed by atoms with Gasteiger partial charge in [-0.3, -0.25) is 4.84 Å². The first kappa shape index (κ1) is 12.0. The van der Waals surface area contributed by atoms with Gasteiger partial charge in [0.2, 0.25) is 0 Å². The molecule has 1 N–H and O–H groups in total. The van der Waals surface area contributed by atoms with Crippen LogP contribution in [0.15, 0.2) is 30.3 Å². The average molecular weight is 219 g/mol. The molecule has 84 valence electrons. The van der Waals surface area contributed by atoms with E-state index < -0.39 is 12.8 Å². The molecule has 0 heterocycles. The Morgan fingerprint density at radius 3 is 2.40 bits per heavy atom. The Labute approximate surface area is 86.0 Å². The molecule has 0 saturated carbocycles. The van der Waals surface area contributed by atoms with Gasteiger partial charge >= 0.3 is 6.18 Å². The van der Waals surface area contributed by atoms with Gasteiger partial charge < -0.3 is 0 Å². The molecule has 1 aromatic carbocycles. The summed E-state index contributed by atoms with van der Waals surface area (Å²) in [7, 11) is 0. The molecule has 2 nitrogen and oxygen atoms in total. The first-order chi connectivity index (χ1) is 7.08. The van der Waals surface area contributed by atoms with Gasteiger partial charge in [0.1, 0.15) is 0 Å². The summed E-state index contributed by atoms with van der Waals surface area (Å²) in [6.07, 6.45) is -3.64. The van der Waals surface area contributed by atoms with Crippen molar-refractivity contribution in [1.82, 2.24) is 5.48 Å². The Hall–Kier alpha value is -1.07. The minimum atomic E-state index is -4.28. The molecule has 5 heteroatoms. The van der Waals surface area contributed by atoms with Crippen LogP contribution in [0.1, 0.15) is 5.56 Å². The van der Waals surface area contributed by atoms with Gasteiger partial charge in [-0.15, -0.1) is 0 Å². The number of rotatable bonds is 5. The van der Waals surface area contributed by atoms with Crippen LogP contribution >= 0.6 is 0 Å². The van der Waals surface area contributed by atoms with Crippen LogP contribution in [0.2, 0.25) is 0 Å². The standard InChI is InChI=1S/C10H12F3NO/c11-10(12,13)8-15-14-7-6-9-4-2-1-3-5-9/h1-5,14H,6-8H2. The topological polar surface area (TPSA) is 21.3 Å². The van der Waals surface area contributed by atoms with E-state index in [4.69, 9.17) is 0 Å². The molecule has 0 radical (unpaired) electrons. The van der Waals surface area contributed by atoms with E-state index >= 15 is 0 Å². The lowest BCUT2D eigenvalue weighted by Gasteiger charge is -2.08. The predicted molar refractivity (Wildman–Crippen MR) is 50.2 cm³/mol. The van der Waals surface area contributed by atoms with Gasteiger partial charge in [0.05, 0.1) is 0 Å². The van der Waals surface area contributed by atoms with Gasteiger partial charge in [-0.25, -0.2) is 5.48 Å². The Bertz CT molecular complexity index is 274. The van der Waals surface area contributed by atoms with Crippen molar-refractivity contribution in [3.05, 3.63) is 35.9 Å². The zero-order valence-electron chi connectivity index (χ0n) is 8.05. The molecule has 15 heavy (non-hydrogen) atoms. The first-order valence-electron chi connectivity index (χ1n) is 4.53. The number of nitrogens with one attached hydrogen (secondary N) is 1. The second-order valence-electron chi connectivity index (χ2n) is 3.03. The predicted octanol–water partition coefficient (Wildman–Crippen LogP) is 2.31. The van der Waals surface area contributed by atoms with E-state index in [9.17, 15) is 13.2 Å². The molecule has 0 bridgehead atoms. The lowest BCUT2D eigenvalue weighted by atomic mass is 10.2. The molecule has 0 unspecified atom stereocenters. The normalized spacial score (nSPS) is 11.7. The van der Waals surface area contributed by atoms with Crippen LogP contribution in [0.25, 0.3) is 0 Å². The van der Waals surface area contributed by atoms with Gasteiger partial charge in [0, 0.05) is 6.54 Å². The van der Waals surface area contributed by atoms with E-state index in [0.717, 1.165) is 5.56 Å². The minimum Gasteiger partial charge on any atom is -0.292 e. The van der Waals surface area contributed by atoms with E-state index in [1.165, 1.54) is 0 Å². The van der Waals surface area contributed by atoms with Gasteiger partial charge in [0.15, 0.2) is 6.61 Å². The number of hydroxylamine groups is 1. The van der Waals surface area contributed by atoms with Crippen LogP contribution in [0.4, 0.5) is 13.2 Å². The van der Waals surface area contributed by atoms with Crippen molar-refractivity contribution in [2.24, 2.45) is 0 Å². The van der Waals surface area contributed by atoms with E-state index in [1.54, 1.807) is 0 Å². The van der Waals surface area contributed by atoms with Crippen LogP contribution in [-0.2, 0) is 11.3 Å². The summed E-state index contributed by atoms with van der Waals surface area (Å²) in [6.45, 7) is -0.901. The molecule has 0 atom stereocenters. The summed E-state index contributed by atoms with van der Waals surface area (Å²) in [5, 5.41) is 0. The molecule has 1 rings (SSSR count). The van der Waals surface area contributed by atoms with Gasteiger partial charge in [-0.05, 0) is 12.0 Å². The van der Waals surface area contributed by atoms with Gasteiger partial charge in [-0.2, -0.15) is 13.2 Å². The SMILES string of the molecule is FC(F)(F)CONCCc1ccccc1.